The Bertz CT molecular complexity index is 1110. The summed E-state index contributed by atoms with van der Waals surface area (Å²) in [6.45, 7) is 0. The van der Waals surface area contributed by atoms with Crippen molar-refractivity contribution >= 4 is 15.9 Å². The molecule has 7 nitrogen and oxygen atoms in total. The van der Waals surface area contributed by atoms with Crippen molar-refractivity contribution in [1.82, 2.24) is 14.5 Å². The molecule has 1 aromatic carbocycles. The maximum absolute atomic E-state index is 12.3. The number of hydrogen-bond acceptors (Lipinski definition) is 5. The largest absolute Gasteiger partial charge is 0.268 e. The Labute approximate surface area is 163 Å². The monoisotopic (exact) mass is 398 g/mol. The maximum atomic E-state index is 12.3. The summed E-state index contributed by atoms with van der Waals surface area (Å²) in [6.07, 6.45) is 5.56. The van der Waals surface area contributed by atoms with Crippen molar-refractivity contribution < 1.29 is 8.42 Å². The molecule has 1 N–H and O–H groups in total. The van der Waals surface area contributed by atoms with Crippen LogP contribution in [0.3, 0.4) is 0 Å². The van der Waals surface area contributed by atoms with E-state index in [0.29, 0.717) is 17.3 Å². The molecule has 0 spiro atoms. The molecule has 146 valence electrons. The number of hydrogen-bond donors (Lipinski definition) is 1. The lowest BCUT2D eigenvalue weighted by atomic mass is 9.91. The van der Waals surface area contributed by atoms with Crippen molar-refractivity contribution in [1.29, 1.82) is 0 Å². The maximum Gasteiger partial charge on any atom is 0.267 e. The third kappa shape index (κ3) is 3.15. The van der Waals surface area contributed by atoms with Crippen LogP contribution in [0.2, 0.25) is 0 Å². The van der Waals surface area contributed by atoms with E-state index >= 15 is 0 Å². The summed E-state index contributed by atoms with van der Waals surface area (Å²) in [6, 6.07) is 10.5. The first-order valence-electron chi connectivity index (χ1n) is 9.81. The predicted molar refractivity (Wildman–Crippen MR) is 105 cm³/mol. The molecule has 0 atom stereocenters. The number of aliphatic imine (C=N–C) groups is 1. The lowest BCUT2D eigenvalue weighted by molar-refractivity contribution is 0.294. The number of sulfonamides is 1. The Hall–Kier alpha value is -2.48. The zero-order valence-electron chi connectivity index (χ0n) is 15.4. The van der Waals surface area contributed by atoms with E-state index < -0.39 is 10.0 Å². The van der Waals surface area contributed by atoms with Gasteiger partial charge < -0.3 is 0 Å². The van der Waals surface area contributed by atoms with Crippen molar-refractivity contribution in [3.05, 3.63) is 58.0 Å². The third-order valence-corrected chi connectivity index (χ3v) is 7.22. The summed E-state index contributed by atoms with van der Waals surface area (Å²) >= 11 is 0. The van der Waals surface area contributed by atoms with Crippen LogP contribution in [-0.2, 0) is 10.0 Å². The first-order chi connectivity index (χ1) is 13.5. The van der Waals surface area contributed by atoms with E-state index in [4.69, 9.17) is 4.99 Å². The molecular formula is C20H22N4O3S. The van der Waals surface area contributed by atoms with Gasteiger partial charge in [0.15, 0.2) is 0 Å². The van der Waals surface area contributed by atoms with Crippen molar-refractivity contribution in [3.63, 3.8) is 0 Å². The first kappa shape index (κ1) is 17.6. The number of nitrogens with zero attached hydrogens (tertiary/aromatic N) is 3. The molecule has 1 aliphatic heterocycles. The number of fused-ring (bicyclic) bond motifs is 1. The fourth-order valence-corrected chi connectivity index (χ4v) is 5.38. The molecule has 0 radical (unpaired) electrons. The van der Waals surface area contributed by atoms with Gasteiger partial charge in [0.2, 0.25) is 0 Å². The fraction of sp³-hybridized carbons (Fsp3) is 0.450. The molecule has 2 aromatic rings. The van der Waals surface area contributed by atoms with Crippen molar-refractivity contribution in [3.8, 4) is 0 Å². The van der Waals surface area contributed by atoms with Gasteiger partial charge in [0.05, 0.1) is 22.7 Å². The number of benzene rings is 1. The van der Waals surface area contributed by atoms with Crippen LogP contribution in [0.25, 0.3) is 0 Å². The van der Waals surface area contributed by atoms with Crippen LogP contribution in [0.15, 0.2) is 51.1 Å². The van der Waals surface area contributed by atoms with Crippen LogP contribution in [0.1, 0.15) is 61.7 Å². The minimum Gasteiger partial charge on any atom is -0.268 e. The molecule has 28 heavy (non-hydrogen) atoms. The normalized spacial score (nSPS) is 27.4. The lowest BCUT2D eigenvalue weighted by Gasteiger charge is -2.27. The number of rotatable bonds is 3. The summed E-state index contributed by atoms with van der Waals surface area (Å²) in [5, 5.41) is 4.61. The molecule has 2 aliphatic carbocycles. The first-order valence-corrected chi connectivity index (χ1v) is 11.3. The van der Waals surface area contributed by atoms with Gasteiger partial charge in [0, 0.05) is 17.5 Å². The Kier molecular flexibility index (Phi) is 4.12. The van der Waals surface area contributed by atoms with Gasteiger partial charge in [0.25, 0.3) is 15.6 Å². The summed E-state index contributed by atoms with van der Waals surface area (Å²) in [5.41, 5.74) is 1.62. The number of nitrogens with one attached hydrogen (secondary N) is 1. The second-order valence-corrected chi connectivity index (χ2v) is 9.51. The van der Waals surface area contributed by atoms with E-state index in [0.717, 1.165) is 44.2 Å². The van der Waals surface area contributed by atoms with Crippen molar-refractivity contribution in [2.75, 3.05) is 0 Å². The Balaban J connectivity index is 1.33. The Morgan fingerprint density at radius 1 is 1.00 bits per heavy atom. The van der Waals surface area contributed by atoms with Crippen LogP contribution in [0, 0.1) is 0 Å². The number of amidine groups is 1. The molecule has 5 rings (SSSR count). The molecule has 8 heteroatoms. The summed E-state index contributed by atoms with van der Waals surface area (Å²) in [7, 11) is -3.51. The van der Waals surface area contributed by atoms with Gasteiger partial charge in [-0.25, -0.2) is 13.1 Å². The lowest BCUT2D eigenvalue weighted by Crippen LogP contribution is -2.32. The number of aromatic nitrogens is 2. The van der Waals surface area contributed by atoms with Crippen LogP contribution < -0.4 is 10.3 Å². The zero-order valence-corrected chi connectivity index (χ0v) is 16.2. The van der Waals surface area contributed by atoms with Crippen LogP contribution in [0.4, 0.5) is 0 Å². The Morgan fingerprint density at radius 3 is 2.50 bits per heavy atom. The smallest absolute Gasteiger partial charge is 0.267 e. The van der Waals surface area contributed by atoms with Gasteiger partial charge in [-0.15, -0.1) is 0 Å². The molecule has 0 bridgehead atoms. The van der Waals surface area contributed by atoms with Crippen LogP contribution in [0.5, 0.6) is 0 Å². The molecule has 0 saturated heterocycles. The molecule has 0 unspecified atom stereocenters. The van der Waals surface area contributed by atoms with Gasteiger partial charge in [-0.1, -0.05) is 12.1 Å². The average Bonchev–Trinajstić information content (AvgIpc) is 3.50. The highest BCUT2D eigenvalue weighted by atomic mass is 32.2. The Morgan fingerprint density at radius 2 is 1.75 bits per heavy atom. The molecular weight excluding hydrogens is 376 g/mol. The van der Waals surface area contributed by atoms with Gasteiger partial charge in [-0.2, -0.15) is 5.10 Å². The van der Waals surface area contributed by atoms with E-state index in [1.165, 1.54) is 0 Å². The standard InChI is InChI=1S/C20H22N4O3S/c25-19-12-11-17(13-5-6-13)22-24(19)15-9-7-14(8-10-15)21-20-16-3-1-2-4-18(16)28(26,27)23-20/h1-4,11-15H,5-10H2,(H,21,23). The van der Waals surface area contributed by atoms with Crippen molar-refractivity contribution in [2.24, 2.45) is 4.99 Å². The topological polar surface area (TPSA) is 93.4 Å². The van der Waals surface area contributed by atoms with Crippen LogP contribution >= 0.6 is 0 Å². The molecule has 1 aromatic heterocycles. The fourth-order valence-electron chi connectivity index (χ4n) is 4.14. The summed E-state index contributed by atoms with van der Waals surface area (Å²) in [5.74, 6) is 0.954. The zero-order chi connectivity index (χ0) is 19.3. The molecule has 2 fully saturated rings. The minimum atomic E-state index is -3.51. The second kappa shape index (κ2) is 6.55. The predicted octanol–water partition coefficient (Wildman–Crippen LogP) is 2.34. The highest BCUT2D eigenvalue weighted by Crippen LogP contribution is 2.39. The van der Waals surface area contributed by atoms with Crippen LogP contribution in [-0.4, -0.2) is 30.1 Å². The van der Waals surface area contributed by atoms with E-state index in [-0.39, 0.29) is 22.5 Å². The molecule has 0 amide bonds. The highest BCUT2D eigenvalue weighted by molar-refractivity contribution is 7.90. The van der Waals surface area contributed by atoms with E-state index in [1.807, 2.05) is 12.1 Å². The van der Waals surface area contributed by atoms with E-state index in [2.05, 4.69) is 9.82 Å². The summed E-state index contributed by atoms with van der Waals surface area (Å²) < 4.78 is 28.7. The second-order valence-electron chi connectivity index (χ2n) is 7.86. The summed E-state index contributed by atoms with van der Waals surface area (Å²) in [4.78, 5) is 17.3. The van der Waals surface area contributed by atoms with E-state index in [9.17, 15) is 13.2 Å². The van der Waals surface area contributed by atoms with Gasteiger partial charge in [-0.05, 0) is 56.7 Å². The van der Waals surface area contributed by atoms with Gasteiger partial charge in [0.1, 0.15) is 5.84 Å². The highest BCUT2D eigenvalue weighted by Gasteiger charge is 2.32. The average molecular weight is 398 g/mol. The quantitative estimate of drug-likeness (QED) is 0.859. The van der Waals surface area contributed by atoms with Crippen molar-refractivity contribution in [2.45, 2.75) is 61.4 Å². The van der Waals surface area contributed by atoms with Gasteiger partial charge >= 0.3 is 0 Å². The van der Waals surface area contributed by atoms with E-state index in [1.54, 1.807) is 28.9 Å². The minimum absolute atomic E-state index is 0.0439. The molecule has 2 heterocycles. The third-order valence-electron chi connectivity index (χ3n) is 5.83. The van der Waals surface area contributed by atoms with Gasteiger partial charge in [-0.3, -0.25) is 14.5 Å². The SMILES string of the molecule is O=c1ccc(C2CC2)nn1C1CCC(N=C2NS(=O)(=O)c3ccccc32)CC1. The molecule has 3 aliphatic rings. The molecule has 2 saturated carbocycles.